The highest BCUT2D eigenvalue weighted by Gasteiger charge is 2.18. The van der Waals surface area contributed by atoms with E-state index in [1.54, 1.807) is 0 Å². The number of benzene rings is 2. The van der Waals surface area contributed by atoms with E-state index in [0.29, 0.717) is 6.04 Å². The molecule has 144 valence electrons. The van der Waals surface area contributed by atoms with Gasteiger partial charge in [-0.25, -0.2) is 0 Å². The van der Waals surface area contributed by atoms with Crippen LogP contribution in [-0.4, -0.2) is 30.4 Å². The number of hydrogen-bond acceptors (Lipinski definition) is 3. The number of rotatable bonds is 7. The second kappa shape index (κ2) is 9.56. The molecular formula is C23H31N3O. The van der Waals surface area contributed by atoms with Crippen molar-refractivity contribution in [1.29, 1.82) is 0 Å². The summed E-state index contributed by atoms with van der Waals surface area (Å²) in [5.74, 6) is -0.0314. The average molecular weight is 366 g/mol. The van der Waals surface area contributed by atoms with Crippen molar-refractivity contribution >= 4 is 17.3 Å². The second-order valence-corrected chi connectivity index (χ2v) is 7.64. The van der Waals surface area contributed by atoms with E-state index >= 15 is 0 Å². The fourth-order valence-corrected chi connectivity index (χ4v) is 3.85. The lowest BCUT2D eigenvalue weighted by molar-refractivity contribution is -0.114. The summed E-state index contributed by atoms with van der Waals surface area (Å²) in [7, 11) is 2.22. The van der Waals surface area contributed by atoms with Gasteiger partial charge >= 0.3 is 0 Å². The molecule has 0 aromatic heterocycles. The van der Waals surface area contributed by atoms with Gasteiger partial charge in [0.25, 0.3) is 0 Å². The fraction of sp³-hybridized carbons (Fsp3) is 0.435. The normalized spacial score (nSPS) is 14.9. The highest BCUT2D eigenvalue weighted by molar-refractivity contribution is 5.93. The molecule has 0 bridgehead atoms. The largest absolute Gasteiger partial charge is 0.376 e. The molecule has 4 nitrogen and oxygen atoms in total. The van der Waals surface area contributed by atoms with Crippen molar-refractivity contribution in [2.24, 2.45) is 0 Å². The van der Waals surface area contributed by atoms with Crippen LogP contribution in [0.2, 0.25) is 0 Å². The lowest BCUT2D eigenvalue weighted by Gasteiger charge is -2.31. The molecule has 0 unspecified atom stereocenters. The molecular weight excluding hydrogens is 334 g/mol. The van der Waals surface area contributed by atoms with Crippen molar-refractivity contribution in [1.82, 2.24) is 4.90 Å². The van der Waals surface area contributed by atoms with E-state index in [0.717, 1.165) is 23.5 Å². The molecule has 1 saturated carbocycles. The molecule has 0 spiro atoms. The third-order valence-electron chi connectivity index (χ3n) is 5.38. The van der Waals surface area contributed by atoms with Crippen LogP contribution in [0.4, 0.5) is 11.4 Å². The van der Waals surface area contributed by atoms with Gasteiger partial charge in [-0.1, -0.05) is 49.6 Å². The zero-order valence-electron chi connectivity index (χ0n) is 16.5. The van der Waals surface area contributed by atoms with Gasteiger partial charge in [0.05, 0.1) is 6.54 Å². The standard InChI is InChI=1S/C23H31N3O/c1-18-9-8-11-20(15-18)25-23(27)16-24-22-14-7-6-10-19(22)17-26(2)21-12-4-3-5-13-21/h6-11,14-15,21,24H,3-5,12-13,16-17H2,1-2H3,(H,25,27). The smallest absolute Gasteiger partial charge is 0.243 e. The van der Waals surface area contributed by atoms with Crippen LogP contribution in [-0.2, 0) is 11.3 Å². The predicted molar refractivity (Wildman–Crippen MR) is 113 cm³/mol. The minimum absolute atomic E-state index is 0.0314. The summed E-state index contributed by atoms with van der Waals surface area (Å²) in [6, 6.07) is 16.8. The molecule has 1 aliphatic carbocycles. The van der Waals surface area contributed by atoms with E-state index in [2.05, 4.69) is 40.8 Å². The number of aryl methyl sites for hydroxylation is 1. The van der Waals surface area contributed by atoms with Crippen LogP contribution in [0.15, 0.2) is 48.5 Å². The molecule has 4 heteroatoms. The molecule has 2 aromatic rings. The van der Waals surface area contributed by atoms with Crippen molar-refractivity contribution in [2.45, 2.75) is 51.6 Å². The van der Waals surface area contributed by atoms with E-state index < -0.39 is 0 Å². The van der Waals surface area contributed by atoms with E-state index in [4.69, 9.17) is 0 Å². The summed E-state index contributed by atoms with van der Waals surface area (Å²) in [6.07, 6.45) is 6.65. The van der Waals surface area contributed by atoms with E-state index in [1.165, 1.54) is 37.7 Å². The first kappa shape index (κ1) is 19.4. The fourth-order valence-electron chi connectivity index (χ4n) is 3.85. The van der Waals surface area contributed by atoms with E-state index in [1.807, 2.05) is 37.3 Å². The van der Waals surface area contributed by atoms with Crippen LogP contribution < -0.4 is 10.6 Å². The lowest BCUT2D eigenvalue weighted by Crippen LogP contribution is -2.33. The molecule has 1 amide bonds. The SMILES string of the molecule is Cc1cccc(NC(=O)CNc2ccccc2CN(C)C2CCCCC2)c1. The predicted octanol–water partition coefficient (Wildman–Crippen LogP) is 4.81. The van der Waals surface area contributed by atoms with Crippen molar-refractivity contribution in [3.8, 4) is 0 Å². The molecule has 0 atom stereocenters. The Labute approximate surface area is 163 Å². The monoisotopic (exact) mass is 365 g/mol. The maximum absolute atomic E-state index is 12.3. The number of anilines is 2. The molecule has 1 fully saturated rings. The first-order valence-corrected chi connectivity index (χ1v) is 10.0. The molecule has 1 aliphatic rings. The third kappa shape index (κ3) is 5.83. The summed E-state index contributed by atoms with van der Waals surface area (Å²) in [5, 5.41) is 6.27. The molecule has 2 aromatic carbocycles. The summed E-state index contributed by atoms with van der Waals surface area (Å²) in [4.78, 5) is 14.8. The Hall–Kier alpha value is -2.33. The van der Waals surface area contributed by atoms with Crippen LogP contribution in [0.25, 0.3) is 0 Å². The maximum atomic E-state index is 12.3. The zero-order chi connectivity index (χ0) is 19.1. The van der Waals surface area contributed by atoms with Crippen LogP contribution in [0, 0.1) is 6.92 Å². The molecule has 0 saturated heterocycles. The van der Waals surface area contributed by atoms with Gasteiger partial charge in [0.15, 0.2) is 0 Å². The zero-order valence-corrected chi connectivity index (χ0v) is 16.5. The Morgan fingerprint density at radius 1 is 1.07 bits per heavy atom. The summed E-state index contributed by atoms with van der Waals surface area (Å²) in [6.45, 7) is 3.19. The van der Waals surface area contributed by atoms with Crippen LogP contribution in [0.5, 0.6) is 0 Å². The van der Waals surface area contributed by atoms with Crippen molar-refractivity contribution in [3.63, 3.8) is 0 Å². The van der Waals surface area contributed by atoms with Gasteiger partial charge in [-0.3, -0.25) is 9.69 Å². The number of carbonyl (C=O) groups excluding carboxylic acids is 1. The minimum atomic E-state index is -0.0314. The number of para-hydroxylation sites is 1. The number of amides is 1. The molecule has 0 heterocycles. The molecule has 2 N–H and O–H groups in total. The molecule has 0 aliphatic heterocycles. The Morgan fingerprint density at radius 3 is 2.63 bits per heavy atom. The average Bonchev–Trinajstić information content (AvgIpc) is 2.68. The van der Waals surface area contributed by atoms with Gasteiger partial charge in [-0.05, 0) is 56.1 Å². The molecule has 27 heavy (non-hydrogen) atoms. The Bertz CT molecular complexity index is 753. The number of nitrogens with one attached hydrogen (secondary N) is 2. The molecule has 3 rings (SSSR count). The Balaban J connectivity index is 1.56. The van der Waals surface area contributed by atoms with Gasteiger partial charge in [0, 0.05) is 24.0 Å². The quantitative estimate of drug-likeness (QED) is 0.740. The van der Waals surface area contributed by atoms with Gasteiger partial charge in [0.1, 0.15) is 0 Å². The topological polar surface area (TPSA) is 44.4 Å². The number of nitrogens with zero attached hydrogens (tertiary/aromatic N) is 1. The maximum Gasteiger partial charge on any atom is 0.243 e. The van der Waals surface area contributed by atoms with Gasteiger partial charge in [0.2, 0.25) is 5.91 Å². The lowest BCUT2D eigenvalue weighted by atomic mass is 9.94. The van der Waals surface area contributed by atoms with Gasteiger partial charge in [-0.2, -0.15) is 0 Å². The first-order chi connectivity index (χ1) is 13.1. The van der Waals surface area contributed by atoms with Gasteiger partial charge < -0.3 is 10.6 Å². The summed E-state index contributed by atoms with van der Waals surface area (Å²) >= 11 is 0. The summed E-state index contributed by atoms with van der Waals surface area (Å²) < 4.78 is 0. The highest BCUT2D eigenvalue weighted by Crippen LogP contribution is 2.24. The van der Waals surface area contributed by atoms with Crippen LogP contribution in [0.3, 0.4) is 0 Å². The Kier molecular flexibility index (Phi) is 6.88. The van der Waals surface area contributed by atoms with Crippen LogP contribution in [0.1, 0.15) is 43.2 Å². The highest BCUT2D eigenvalue weighted by atomic mass is 16.1. The second-order valence-electron chi connectivity index (χ2n) is 7.64. The van der Waals surface area contributed by atoms with Crippen molar-refractivity contribution < 1.29 is 4.79 Å². The summed E-state index contributed by atoms with van der Waals surface area (Å²) in [5.41, 5.74) is 4.26. The first-order valence-electron chi connectivity index (χ1n) is 10.0. The third-order valence-corrected chi connectivity index (χ3v) is 5.38. The Morgan fingerprint density at radius 2 is 1.85 bits per heavy atom. The van der Waals surface area contributed by atoms with E-state index in [-0.39, 0.29) is 12.5 Å². The molecule has 0 radical (unpaired) electrons. The van der Waals surface area contributed by atoms with Crippen molar-refractivity contribution in [2.75, 3.05) is 24.2 Å². The minimum Gasteiger partial charge on any atom is -0.376 e. The van der Waals surface area contributed by atoms with E-state index in [9.17, 15) is 4.79 Å². The van der Waals surface area contributed by atoms with Crippen LogP contribution >= 0.6 is 0 Å². The van der Waals surface area contributed by atoms with Crippen molar-refractivity contribution in [3.05, 3.63) is 59.7 Å². The van der Waals surface area contributed by atoms with Gasteiger partial charge in [-0.15, -0.1) is 0 Å². The number of hydrogen-bond donors (Lipinski definition) is 2. The number of carbonyl (C=O) groups is 1.